The summed E-state index contributed by atoms with van der Waals surface area (Å²) in [7, 11) is 0. The third-order valence-electron chi connectivity index (χ3n) is 4.40. The number of piperazine rings is 1. The van der Waals surface area contributed by atoms with E-state index in [0.717, 1.165) is 54.9 Å². The SMILES string of the molecule is CC(C)CCN1CCN(C(=O)Cc2csc(-c3ccsc3)n2)CC1. The van der Waals surface area contributed by atoms with Gasteiger partial charge in [-0.05, 0) is 30.3 Å². The fourth-order valence-corrected chi connectivity index (χ4v) is 4.37. The van der Waals surface area contributed by atoms with Crippen LogP contribution < -0.4 is 0 Å². The van der Waals surface area contributed by atoms with E-state index in [2.05, 4.69) is 40.6 Å². The van der Waals surface area contributed by atoms with Crippen molar-refractivity contribution in [2.75, 3.05) is 32.7 Å². The Balaban J connectivity index is 1.48. The summed E-state index contributed by atoms with van der Waals surface area (Å²) in [6.45, 7) is 9.36. The fourth-order valence-electron chi connectivity index (χ4n) is 2.84. The van der Waals surface area contributed by atoms with Crippen LogP contribution in [-0.2, 0) is 11.2 Å². The van der Waals surface area contributed by atoms with Crippen LogP contribution >= 0.6 is 22.7 Å². The van der Waals surface area contributed by atoms with Crippen molar-refractivity contribution in [2.24, 2.45) is 5.92 Å². The summed E-state index contributed by atoms with van der Waals surface area (Å²) in [6.07, 6.45) is 1.66. The molecular formula is C18H25N3OS2. The predicted molar refractivity (Wildman–Crippen MR) is 102 cm³/mol. The highest BCUT2D eigenvalue weighted by Gasteiger charge is 2.21. The number of carbonyl (C=O) groups is 1. The van der Waals surface area contributed by atoms with Gasteiger partial charge >= 0.3 is 0 Å². The smallest absolute Gasteiger partial charge is 0.228 e. The van der Waals surface area contributed by atoms with Crippen molar-refractivity contribution in [3.63, 3.8) is 0 Å². The van der Waals surface area contributed by atoms with Gasteiger partial charge in [0, 0.05) is 42.5 Å². The van der Waals surface area contributed by atoms with Crippen molar-refractivity contribution < 1.29 is 4.79 Å². The lowest BCUT2D eigenvalue weighted by Gasteiger charge is -2.35. The van der Waals surface area contributed by atoms with Crippen LogP contribution in [0.3, 0.4) is 0 Å². The summed E-state index contributed by atoms with van der Waals surface area (Å²) in [5, 5.41) is 7.18. The maximum absolute atomic E-state index is 12.5. The molecule has 1 aliphatic heterocycles. The molecule has 3 heterocycles. The molecule has 1 fully saturated rings. The Hall–Kier alpha value is -1.24. The zero-order valence-electron chi connectivity index (χ0n) is 14.4. The maximum atomic E-state index is 12.5. The number of rotatable bonds is 6. The molecule has 1 amide bonds. The Morgan fingerprint density at radius 3 is 2.71 bits per heavy atom. The average molecular weight is 364 g/mol. The quantitative estimate of drug-likeness (QED) is 0.787. The van der Waals surface area contributed by atoms with Crippen LogP contribution in [0.15, 0.2) is 22.2 Å². The molecule has 0 N–H and O–H groups in total. The van der Waals surface area contributed by atoms with E-state index >= 15 is 0 Å². The van der Waals surface area contributed by atoms with Crippen molar-refractivity contribution in [3.05, 3.63) is 27.9 Å². The average Bonchev–Trinajstić information content (AvgIpc) is 3.24. The molecule has 3 rings (SSSR count). The van der Waals surface area contributed by atoms with Gasteiger partial charge < -0.3 is 4.90 Å². The molecule has 6 heteroatoms. The van der Waals surface area contributed by atoms with Crippen LogP contribution in [0, 0.1) is 5.92 Å². The minimum atomic E-state index is 0.209. The molecule has 0 bridgehead atoms. The molecule has 0 unspecified atom stereocenters. The molecule has 24 heavy (non-hydrogen) atoms. The summed E-state index contributed by atoms with van der Waals surface area (Å²) >= 11 is 3.30. The van der Waals surface area contributed by atoms with E-state index in [1.54, 1.807) is 22.7 Å². The van der Waals surface area contributed by atoms with Gasteiger partial charge in [0.25, 0.3) is 0 Å². The first-order valence-corrected chi connectivity index (χ1v) is 10.4. The van der Waals surface area contributed by atoms with Gasteiger partial charge in [0.2, 0.25) is 5.91 Å². The third kappa shape index (κ3) is 4.65. The molecule has 0 radical (unpaired) electrons. The number of hydrogen-bond donors (Lipinski definition) is 0. The Kier molecular flexibility index (Phi) is 6.03. The maximum Gasteiger partial charge on any atom is 0.228 e. The first kappa shape index (κ1) is 17.6. The second-order valence-electron chi connectivity index (χ2n) is 6.74. The van der Waals surface area contributed by atoms with Crippen molar-refractivity contribution >= 4 is 28.6 Å². The third-order valence-corrected chi connectivity index (χ3v) is 6.02. The van der Waals surface area contributed by atoms with Crippen LogP contribution in [0.4, 0.5) is 0 Å². The zero-order chi connectivity index (χ0) is 16.9. The molecule has 4 nitrogen and oxygen atoms in total. The zero-order valence-corrected chi connectivity index (χ0v) is 16.0. The van der Waals surface area contributed by atoms with E-state index < -0.39 is 0 Å². The lowest BCUT2D eigenvalue weighted by molar-refractivity contribution is -0.132. The molecule has 1 saturated heterocycles. The number of thiophene rings is 1. The van der Waals surface area contributed by atoms with Crippen LogP contribution in [0.5, 0.6) is 0 Å². The number of thiazole rings is 1. The molecule has 0 saturated carbocycles. The molecular weight excluding hydrogens is 338 g/mol. The van der Waals surface area contributed by atoms with Crippen molar-refractivity contribution in [3.8, 4) is 10.6 Å². The minimum Gasteiger partial charge on any atom is -0.340 e. The number of nitrogens with zero attached hydrogens (tertiary/aromatic N) is 3. The van der Waals surface area contributed by atoms with Gasteiger partial charge in [0.05, 0.1) is 12.1 Å². The summed E-state index contributed by atoms with van der Waals surface area (Å²) in [6, 6.07) is 2.07. The Morgan fingerprint density at radius 1 is 1.25 bits per heavy atom. The van der Waals surface area contributed by atoms with E-state index in [4.69, 9.17) is 0 Å². The molecule has 0 aliphatic carbocycles. The number of hydrogen-bond acceptors (Lipinski definition) is 5. The highest BCUT2D eigenvalue weighted by atomic mass is 32.1. The molecule has 2 aromatic heterocycles. The van der Waals surface area contributed by atoms with E-state index in [1.165, 1.54) is 6.42 Å². The topological polar surface area (TPSA) is 36.4 Å². The largest absolute Gasteiger partial charge is 0.340 e. The summed E-state index contributed by atoms with van der Waals surface area (Å²) in [4.78, 5) is 21.6. The van der Waals surface area contributed by atoms with Crippen LogP contribution in [0.1, 0.15) is 26.0 Å². The van der Waals surface area contributed by atoms with Gasteiger partial charge in [-0.25, -0.2) is 4.98 Å². The first-order valence-electron chi connectivity index (χ1n) is 8.59. The summed E-state index contributed by atoms with van der Waals surface area (Å²) in [5.41, 5.74) is 2.05. The molecule has 130 valence electrons. The van der Waals surface area contributed by atoms with Crippen molar-refractivity contribution in [1.82, 2.24) is 14.8 Å². The standard InChI is InChI=1S/C18H25N3OS2/c1-14(2)3-5-20-6-8-21(9-7-20)17(22)11-16-13-24-18(19-16)15-4-10-23-12-15/h4,10,12-14H,3,5-9,11H2,1-2H3. The second-order valence-corrected chi connectivity index (χ2v) is 8.38. The van der Waals surface area contributed by atoms with Crippen LogP contribution in [0.25, 0.3) is 10.6 Å². The molecule has 0 aromatic carbocycles. The van der Waals surface area contributed by atoms with Gasteiger partial charge in [0.1, 0.15) is 5.01 Å². The first-order chi connectivity index (χ1) is 11.6. The minimum absolute atomic E-state index is 0.209. The van der Waals surface area contributed by atoms with Crippen LogP contribution in [-0.4, -0.2) is 53.4 Å². The number of aromatic nitrogens is 1. The van der Waals surface area contributed by atoms with Crippen molar-refractivity contribution in [2.45, 2.75) is 26.7 Å². The van der Waals surface area contributed by atoms with E-state index in [1.807, 2.05) is 10.3 Å². The lowest BCUT2D eigenvalue weighted by atomic mass is 10.1. The predicted octanol–water partition coefficient (Wildman–Crippen LogP) is 3.60. The van der Waals surface area contributed by atoms with Gasteiger partial charge in [-0.2, -0.15) is 11.3 Å². The lowest BCUT2D eigenvalue weighted by Crippen LogP contribution is -2.49. The summed E-state index contributed by atoms with van der Waals surface area (Å²) in [5.74, 6) is 0.951. The fraction of sp³-hybridized carbons (Fsp3) is 0.556. The van der Waals surface area contributed by atoms with Gasteiger partial charge in [-0.15, -0.1) is 11.3 Å². The van der Waals surface area contributed by atoms with Crippen molar-refractivity contribution in [1.29, 1.82) is 0 Å². The van der Waals surface area contributed by atoms with Gasteiger partial charge in [-0.3, -0.25) is 9.69 Å². The molecule has 2 aromatic rings. The Morgan fingerprint density at radius 2 is 2.04 bits per heavy atom. The second kappa shape index (κ2) is 8.23. The van der Waals surface area contributed by atoms with Gasteiger partial charge in [-0.1, -0.05) is 13.8 Å². The number of carbonyl (C=O) groups excluding carboxylic acids is 1. The van der Waals surface area contributed by atoms with E-state index in [0.29, 0.717) is 6.42 Å². The summed E-state index contributed by atoms with van der Waals surface area (Å²) < 4.78 is 0. The highest BCUT2D eigenvalue weighted by Crippen LogP contribution is 2.26. The monoisotopic (exact) mass is 363 g/mol. The Bertz CT molecular complexity index is 643. The van der Waals surface area contributed by atoms with Gasteiger partial charge in [0.15, 0.2) is 0 Å². The number of amides is 1. The normalized spacial score (nSPS) is 16.0. The highest BCUT2D eigenvalue weighted by molar-refractivity contribution is 7.14. The van der Waals surface area contributed by atoms with E-state index in [-0.39, 0.29) is 5.91 Å². The van der Waals surface area contributed by atoms with Crippen LogP contribution in [0.2, 0.25) is 0 Å². The molecule has 1 aliphatic rings. The Labute approximate surface area is 152 Å². The molecule has 0 spiro atoms. The van der Waals surface area contributed by atoms with E-state index in [9.17, 15) is 4.79 Å². The molecule has 0 atom stereocenters.